The molecule has 38 heteroatoms. The molecule has 14 rings (SSSR count). The highest BCUT2D eigenvalue weighted by Crippen LogP contribution is 2.72. The van der Waals surface area contributed by atoms with E-state index >= 15 is 0 Å². The number of amides is 9. The second-order valence-electron chi connectivity index (χ2n) is 34.0. The molecule has 8 aliphatic rings. The van der Waals surface area contributed by atoms with Crippen molar-refractivity contribution in [3.05, 3.63) is 130 Å². The molecule has 4 aliphatic heterocycles. The van der Waals surface area contributed by atoms with Crippen LogP contribution in [0.4, 0.5) is 21.4 Å². The van der Waals surface area contributed by atoms with Gasteiger partial charge in [-0.25, -0.2) is 24.4 Å². The fraction of sp³-hybridized carbons (Fsp3) is 0.518. The van der Waals surface area contributed by atoms with Gasteiger partial charge in [0.05, 0.1) is 66.3 Å². The summed E-state index contributed by atoms with van der Waals surface area (Å²) in [6.07, 6.45) is -1.25. The zero-order valence-electron chi connectivity index (χ0n) is 68.0. The van der Waals surface area contributed by atoms with Crippen LogP contribution in [0.2, 0.25) is 0 Å². The first-order valence-electron chi connectivity index (χ1n) is 40.2. The van der Waals surface area contributed by atoms with Crippen LogP contribution >= 0.6 is 11.3 Å². The number of carboxylic acids is 2. The largest absolute Gasteiger partial charge is 0.479 e. The minimum atomic E-state index is -4.43. The van der Waals surface area contributed by atoms with E-state index in [9.17, 15) is 91.2 Å². The molecule has 121 heavy (non-hydrogen) atoms. The number of pyridine rings is 1. The number of hydrogen-bond acceptors (Lipinski definition) is 25. The number of nitrogens with zero attached hydrogens (tertiary/aromatic N) is 8. The number of aliphatic hydroxyl groups is 3. The van der Waals surface area contributed by atoms with E-state index in [0.717, 1.165) is 81.1 Å². The molecule has 3 aromatic heterocycles. The lowest BCUT2D eigenvalue weighted by Gasteiger charge is -2.69. The van der Waals surface area contributed by atoms with Gasteiger partial charge in [-0.2, -0.15) is 13.5 Å². The Kier molecular flexibility index (Phi) is 26.0. The summed E-state index contributed by atoms with van der Waals surface area (Å²) >= 11 is 1.39. The fourth-order valence-corrected chi connectivity index (χ4v) is 20.7. The molecule has 36 nitrogen and oxygen atoms in total. The quantitative estimate of drug-likeness (QED) is 0.0150. The lowest BCUT2D eigenvalue weighted by Crippen LogP contribution is -2.64. The van der Waals surface area contributed by atoms with Gasteiger partial charge in [0, 0.05) is 92.8 Å². The number of para-hydroxylation sites is 1. The second-order valence-corrected chi connectivity index (χ2v) is 36.6. The molecule has 11 N–H and O–H groups in total. The van der Waals surface area contributed by atoms with Crippen LogP contribution in [0.25, 0.3) is 21.3 Å². The van der Waals surface area contributed by atoms with Crippen molar-refractivity contribution in [3.8, 4) is 11.1 Å². The number of ether oxygens (including phenoxy) is 4. The third kappa shape index (κ3) is 19.8. The molecule has 2 unspecified atom stereocenters. The molecule has 4 aliphatic carbocycles. The molecule has 9 amide bonds. The van der Waals surface area contributed by atoms with Gasteiger partial charge in [-0.1, -0.05) is 69.4 Å². The number of carboxylic acid groups (broad SMARTS) is 2. The summed E-state index contributed by atoms with van der Waals surface area (Å²) < 4.78 is 59.0. The maximum absolute atomic E-state index is 14.6. The first-order valence-corrected chi connectivity index (χ1v) is 42.6. The standard InChI is InChI=1S/C83H101N13O23S2/c1-45(2)66(90-63(98)35-94-52(37-116-29-30-121(113,114)115)32-58(75(94)107)96-64(99)21-22-65(96)100)74(106)86-46(3)72(104)87-51-17-15-50(49(31-51)16-19-59-68(101)69(102)70(103)71(119-59)77(110)111)36-117-79(112)92(26-24-62(97)84-7)27-28-118-83-41-80(5)38-81(6,42-83)40-82(39-80,43-83)44-95-47(4)55(33-85-95)53-18-20-61(89-67(53)76(108)109)93-25-23-48-11-10-12-54(56(48)34-93)73(105)91-78-88-57-13-8-9-14-60(57)120-78/h8-15,17-18,20-22,31,33,45-46,52,58-59,66,68-71,101-103H,16,19,23-30,32,34-44H2,1-7H3,(H,84,97)(H,86,106)(H,87,104)(H,90,98)(H,108,109)(H,110,111)(H,88,91,105)(H,113,114,115)/t46-,52-,58-,59-,66-,68-,69+,70-,71-,80?,81?,82?,83?/m0/s1. The monoisotopic (exact) mass is 1710 g/mol. The van der Waals surface area contributed by atoms with Gasteiger partial charge < -0.3 is 80.4 Å². The number of thiazole rings is 1. The lowest BCUT2D eigenvalue weighted by atomic mass is 9.39. The van der Waals surface area contributed by atoms with Crippen LogP contribution in [-0.4, -0.2) is 257 Å². The van der Waals surface area contributed by atoms with Gasteiger partial charge in [0.15, 0.2) is 16.9 Å². The van der Waals surface area contributed by atoms with E-state index in [-0.39, 0.29) is 91.4 Å². The number of aromatic nitrogens is 4. The van der Waals surface area contributed by atoms with Crippen LogP contribution in [0.1, 0.15) is 141 Å². The van der Waals surface area contributed by atoms with Crippen LogP contribution in [0.15, 0.2) is 91.1 Å². The molecule has 3 aromatic carbocycles. The minimum absolute atomic E-state index is 0.00647. The Morgan fingerprint density at radius 1 is 0.793 bits per heavy atom. The number of rotatable bonds is 34. The van der Waals surface area contributed by atoms with Crippen molar-refractivity contribution in [1.82, 2.24) is 50.4 Å². The molecule has 0 radical (unpaired) electrons. The minimum Gasteiger partial charge on any atom is -0.479 e. The first kappa shape index (κ1) is 88.1. The molecule has 2 saturated heterocycles. The van der Waals surface area contributed by atoms with Crippen molar-refractivity contribution in [2.75, 3.05) is 74.3 Å². The van der Waals surface area contributed by atoms with Gasteiger partial charge in [0.25, 0.3) is 27.8 Å². The Balaban J connectivity index is 0.664. The number of benzene rings is 3. The molecular formula is C83H101N13O23S2. The van der Waals surface area contributed by atoms with E-state index in [0.29, 0.717) is 71.2 Å². The van der Waals surface area contributed by atoms with Gasteiger partial charge >= 0.3 is 18.0 Å². The Morgan fingerprint density at radius 2 is 1.53 bits per heavy atom. The highest BCUT2D eigenvalue weighted by Gasteiger charge is 2.66. The highest BCUT2D eigenvalue weighted by atomic mass is 32.2. The van der Waals surface area contributed by atoms with Crippen molar-refractivity contribution < 1.29 is 110 Å². The van der Waals surface area contributed by atoms with Crippen LogP contribution < -0.4 is 31.5 Å². The van der Waals surface area contributed by atoms with Crippen LogP contribution in [0.3, 0.4) is 0 Å². The van der Waals surface area contributed by atoms with E-state index in [2.05, 4.69) is 45.4 Å². The van der Waals surface area contributed by atoms with Gasteiger partial charge in [-0.05, 0) is 159 Å². The number of fused-ring (bicyclic) bond motifs is 2. The Bertz CT molecular complexity index is 5140. The third-order valence-electron chi connectivity index (χ3n) is 24.2. The molecule has 6 aromatic rings. The lowest BCUT2D eigenvalue weighted by molar-refractivity contribution is -0.248. The van der Waals surface area contributed by atoms with E-state index in [1.807, 2.05) is 59.0 Å². The number of aliphatic hydroxyl groups excluding tert-OH is 3. The SMILES string of the molecule is CNC(=O)CCN(CCOC12CC3(C)CC(C)(CC(Cn4ncc(-c5ccc(N6CCc7cccc(C(=O)Nc8nc9ccccc9s8)c7C6)nc5C(=O)O)c4C)(C3)C1)C2)C(=O)OCc1ccc(NC(=O)[C@H](C)NC(=O)[C@@H](NC(=O)CN2C(=O)[C@@H](N3C(=O)C=CC3=O)C[C@H]2COCCS(=O)(=O)O)C(C)C)cc1CC[C@@H]1O[C@H](C(=O)O)[C@@H](O)[C@H](O)[C@H]1O. The molecule has 6 fully saturated rings. The van der Waals surface area contributed by atoms with Crippen molar-refractivity contribution in [2.45, 2.75) is 192 Å². The summed E-state index contributed by atoms with van der Waals surface area (Å²) in [5.41, 5.74) is 4.31. The number of imide groups is 1. The first-order chi connectivity index (χ1) is 57.3. The van der Waals surface area contributed by atoms with Gasteiger partial charge in [0.2, 0.25) is 29.5 Å². The predicted molar refractivity (Wildman–Crippen MR) is 436 cm³/mol. The van der Waals surface area contributed by atoms with Crippen molar-refractivity contribution >= 4 is 114 Å². The Morgan fingerprint density at radius 3 is 2.22 bits per heavy atom. The summed E-state index contributed by atoms with van der Waals surface area (Å²) in [4.78, 5) is 162. The average molecular weight is 1710 g/mol. The van der Waals surface area contributed by atoms with Gasteiger partial charge in [0.1, 0.15) is 48.9 Å². The third-order valence-corrected chi connectivity index (χ3v) is 25.8. The molecule has 0 spiro atoms. The van der Waals surface area contributed by atoms with Gasteiger partial charge in [-0.3, -0.25) is 57.8 Å². The van der Waals surface area contributed by atoms with Crippen molar-refractivity contribution in [1.29, 1.82) is 0 Å². The number of likely N-dealkylation sites (tertiary alicyclic amines) is 1. The number of carbonyl (C=O) groups is 11. The number of nitrogens with one attached hydrogen (secondary N) is 5. The van der Waals surface area contributed by atoms with Crippen LogP contribution in [0, 0.1) is 29.1 Å². The number of carbonyl (C=O) groups excluding carboxylic acids is 9. The summed E-state index contributed by atoms with van der Waals surface area (Å²) in [7, 11) is -2.97. The average Bonchev–Trinajstić information content (AvgIpc) is 1.25. The fourth-order valence-electron chi connectivity index (χ4n) is 19.5. The molecule has 11 atom stereocenters. The second kappa shape index (κ2) is 35.8. The summed E-state index contributed by atoms with van der Waals surface area (Å²) in [5, 5.41) is 71.9. The zero-order chi connectivity index (χ0) is 86.9. The summed E-state index contributed by atoms with van der Waals surface area (Å²) in [5.74, 6) is -9.27. The number of hydrogen-bond donors (Lipinski definition) is 11. The summed E-state index contributed by atoms with van der Waals surface area (Å²) in [6.45, 7) is 10.4. The topological polar surface area (TPSA) is 497 Å². The number of aliphatic carboxylic acids is 1. The normalized spacial score (nSPS) is 25.3. The molecule has 648 valence electrons. The van der Waals surface area contributed by atoms with Crippen LogP contribution in [0.5, 0.6) is 0 Å². The molecule has 7 heterocycles. The smallest absolute Gasteiger partial charge is 0.410 e. The summed E-state index contributed by atoms with van der Waals surface area (Å²) in [6, 6.07) is 16.4. The van der Waals surface area contributed by atoms with E-state index in [1.165, 1.54) is 48.4 Å². The molecule has 4 saturated carbocycles. The maximum Gasteiger partial charge on any atom is 0.410 e. The van der Waals surface area contributed by atoms with E-state index in [4.69, 9.17) is 29.0 Å². The molecular weight excluding hydrogens is 1610 g/mol. The van der Waals surface area contributed by atoms with E-state index in [1.54, 1.807) is 32.2 Å². The number of aryl methyl sites for hydroxylation is 1. The Hall–Kier alpha value is -10.7. The van der Waals surface area contributed by atoms with Gasteiger partial charge in [-0.15, -0.1) is 0 Å². The number of aromatic carboxylic acids is 1. The highest BCUT2D eigenvalue weighted by molar-refractivity contribution is 7.85. The van der Waals surface area contributed by atoms with Crippen molar-refractivity contribution in [2.24, 2.45) is 22.2 Å². The predicted octanol–water partition coefficient (Wildman–Crippen LogP) is 4.54. The van der Waals surface area contributed by atoms with Crippen molar-refractivity contribution in [3.63, 3.8) is 0 Å². The zero-order valence-corrected chi connectivity index (χ0v) is 69.6. The Labute approximate surface area is 700 Å². The maximum atomic E-state index is 14.6. The molecule has 4 bridgehead atoms. The van der Waals surface area contributed by atoms with Crippen LogP contribution in [-0.2, 0) is 100.0 Å². The number of anilines is 3. The van der Waals surface area contributed by atoms with E-state index < -0.39 is 155 Å².